The molecule has 0 aliphatic rings. The summed E-state index contributed by atoms with van der Waals surface area (Å²) in [5.74, 6) is -1.67. The van der Waals surface area contributed by atoms with Crippen LogP contribution in [0.1, 0.15) is 22.8 Å². The van der Waals surface area contributed by atoms with Gasteiger partial charge in [0.05, 0.1) is 11.7 Å². The molecule has 21 heavy (non-hydrogen) atoms. The van der Waals surface area contributed by atoms with Gasteiger partial charge in [0.25, 0.3) is 0 Å². The van der Waals surface area contributed by atoms with E-state index in [0.29, 0.717) is 6.07 Å². The molecule has 1 nitrogen and oxygen atoms in total. The molecule has 0 heterocycles. The van der Waals surface area contributed by atoms with Gasteiger partial charge in [0.1, 0.15) is 11.6 Å². The normalized spacial score (nSPS) is 13.2. The molecule has 0 fully saturated rings. The van der Waals surface area contributed by atoms with Crippen LogP contribution in [-0.2, 0) is 12.6 Å². The van der Waals surface area contributed by atoms with Crippen molar-refractivity contribution in [3.8, 4) is 0 Å². The number of aliphatic hydroxyl groups excluding tert-OH is 1. The smallest absolute Gasteiger partial charge is 0.388 e. The highest BCUT2D eigenvalue weighted by Gasteiger charge is 2.35. The van der Waals surface area contributed by atoms with Crippen LogP contribution in [0, 0.1) is 11.6 Å². The summed E-state index contributed by atoms with van der Waals surface area (Å²) < 4.78 is 65.0. The van der Waals surface area contributed by atoms with Gasteiger partial charge in [0.15, 0.2) is 0 Å². The molecule has 0 aliphatic heterocycles. The lowest BCUT2D eigenvalue weighted by molar-refractivity contribution is -0.139. The molecule has 0 amide bonds. The molecule has 0 saturated carbocycles. The van der Waals surface area contributed by atoms with Crippen molar-refractivity contribution in [1.82, 2.24) is 0 Å². The lowest BCUT2D eigenvalue weighted by Crippen LogP contribution is -2.14. The van der Waals surface area contributed by atoms with Gasteiger partial charge in [0.2, 0.25) is 0 Å². The van der Waals surface area contributed by atoms with Crippen LogP contribution in [0.3, 0.4) is 0 Å². The van der Waals surface area contributed by atoms with Crippen LogP contribution in [0.25, 0.3) is 0 Å². The molecular weight excluding hydrogens is 291 g/mol. The minimum atomic E-state index is -4.80. The predicted molar refractivity (Wildman–Crippen MR) is 66.5 cm³/mol. The van der Waals surface area contributed by atoms with E-state index < -0.39 is 35.0 Å². The Balaban J connectivity index is 2.36. The van der Waals surface area contributed by atoms with E-state index in [1.807, 2.05) is 0 Å². The Morgan fingerprint density at radius 2 is 1.67 bits per heavy atom. The summed E-state index contributed by atoms with van der Waals surface area (Å²) in [5, 5.41) is 9.94. The van der Waals surface area contributed by atoms with E-state index in [1.165, 1.54) is 18.2 Å². The van der Waals surface area contributed by atoms with E-state index in [0.717, 1.165) is 18.2 Å². The second-order valence-corrected chi connectivity index (χ2v) is 4.54. The summed E-state index contributed by atoms with van der Waals surface area (Å²) in [5.41, 5.74) is -1.65. The zero-order valence-corrected chi connectivity index (χ0v) is 10.7. The Morgan fingerprint density at radius 1 is 1.00 bits per heavy atom. The molecule has 0 spiro atoms. The first-order valence-corrected chi connectivity index (χ1v) is 6.07. The summed E-state index contributed by atoms with van der Waals surface area (Å²) in [6.45, 7) is 0. The van der Waals surface area contributed by atoms with Crippen LogP contribution in [0.4, 0.5) is 22.0 Å². The molecule has 0 aliphatic carbocycles. The van der Waals surface area contributed by atoms with Gasteiger partial charge in [-0.3, -0.25) is 0 Å². The molecule has 2 aromatic carbocycles. The van der Waals surface area contributed by atoms with Crippen LogP contribution in [0.2, 0.25) is 0 Å². The molecule has 0 aromatic heterocycles. The number of rotatable bonds is 3. The summed E-state index contributed by atoms with van der Waals surface area (Å²) in [6, 6.07) is 7.48. The lowest BCUT2D eigenvalue weighted by Gasteiger charge is -2.18. The number of hydrogen-bond donors (Lipinski definition) is 1. The third-order valence-corrected chi connectivity index (χ3v) is 3.05. The lowest BCUT2D eigenvalue weighted by atomic mass is 9.96. The molecule has 1 atom stereocenters. The number of benzene rings is 2. The molecule has 0 saturated heterocycles. The van der Waals surface area contributed by atoms with Crippen LogP contribution in [0.5, 0.6) is 0 Å². The number of hydrogen-bond acceptors (Lipinski definition) is 1. The third kappa shape index (κ3) is 3.58. The van der Waals surface area contributed by atoms with E-state index in [9.17, 15) is 27.1 Å². The maximum Gasteiger partial charge on any atom is 0.416 e. The summed E-state index contributed by atoms with van der Waals surface area (Å²) in [7, 11) is 0. The predicted octanol–water partition coefficient (Wildman–Crippen LogP) is 4.26. The van der Waals surface area contributed by atoms with Gasteiger partial charge in [-0.15, -0.1) is 0 Å². The number of aliphatic hydroxyl groups is 1. The van der Waals surface area contributed by atoms with Crippen LogP contribution in [-0.4, -0.2) is 5.11 Å². The highest BCUT2D eigenvalue weighted by Crippen LogP contribution is 2.36. The summed E-state index contributed by atoms with van der Waals surface area (Å²) >= 11 is 0. The second kappa shape index (κ2) is 5.81. The maximum absolute atomic E-state index is 13.5. The van der Waals surface area contributed by atoms with Crippen LogP contribution < -0.4 is 0 Å². The minimum Gasteiger partial charge on any atom is -0.388 e. The van der Waals surface area contributed by atoms with Gasteiger partial charge in [-0.2, -0.15) is 13.2 Å². The van der Waals surface area contributed by atoms with Crippen molar-refractivity contribution in [2.45, 2.75) is 18.7 Å². The molecular formula is C15H11F5O. The molecule has 2 aromatic rings. The minimum absolute atomic E-state index is 0.0856. The van der Waals surface area contributed by atoms with E-state index in [2.05, 4.69) is 0 Å². The van der Waals surface area contributed by atoms with E-state index in [-0.39, 0.29) is 12.0 Å². The SMILES string of the molecule is OC(Cc1ccccc1F)c1ccc(F)cc1C(F)(F)F. The van der Waals surface area contributed by atoms with E-state index in [1.54, 1.807) is 0 Å². The van der Waals surface area contributed by atoms with Crippen molar-refractivity contribution < 1.29 is 27.1 Å². The zero-order valence-electron chi connectivity index (χ0n) is 10.7. The first-order chi connectivity index (χ1) is 9.79. The molecule has 2 rings (SSSR count). The van der Waals surface area contributed by atoms with Gasteiger partial charge in [-0.25, -0.2) is 8.78 Å². The van der Waals surface area contributed by atoms with Crippen molar-refractivity contribution >= 4 is 0 Å². The highest BCUT2D eigenvalue weighted by atomic mass is 19.4. The van der Waals surface area contributed by atoms with E-state index in [4.69, 9.17) is 0 Å². The Morgan fingerprint density at radius 3 is 2.29 bits per heavy atom. The van der Waals surface area contributed by atoms with Gasteiger partial charge in [-0.1, -0.05) is 24.3 Å². The number of alkyl halides is 3. The standard InChI is InChI=1S/C15H11F5O/c16-10-5-6-11(12(8-10)15(18,19)20)14(21)7-9-3-1-2-4-13(9)17/h1-6,8,14,21H,7H2. The van der Waals surface area contributed by atoms with Crippen LogP contribution in [0.15, 0.2) is 42.5 Å². The first kappa shape index (κ1) is 15.4. The molecule has 1 N–H and O–H groups in total. The Bertz CT molecular complexity index is 636. The van der Waals surface area contributed by atoms with Gasteiger partial charge in [0, 0.05) is 6.42 Å². The Kier molecular flexibility index (Phi) is 4.27. The monoisotopic (exact) mass is 302 g/mol. The van der Waals surface area contributed by atoms with Crippen molar-refractivity contribution in [3.05, 3.63) is 70.8 Å². The van der Waals surface area contributed by atoms with Gasteiger partial charge < -0.3 is 5.11 Å². The average molecular weight is 302 g/mol. The fraction of sp³-hybridized carbons (Fsp3) is 0.200. The van der Waals surface area contributed by atoms with Gasteiger partial charge in [-0.05, 0) is 29.3 Å². The average Bonchev–Trinajstić information content (AvgIpc) is 2.40. The summed E-state index contributed by atoms with van der Waals surface area (Å²) in [4.78, 5) is 0. The fourth-order valence-corrected chi connectivity index (χ4v) is 2.05. The first-order valence-electron chi connectivity index (χ1n) is 6.07. The maximum atomic E-state index is 13.5. The van der Waals surface area contributed by atoms with E-state index >= 15 is 0 Å². The second-order valence-electron chi connectivity index (χ2n) is 4.54. The Hall–Kier alpha value is -1.95. The van der Waals surface area contributed by atoms with Gasteiger partial charge >= 0.3 is 6.18 Å². The molecule has 6 heteroatoms. The van der Waals surface area contributed by atoms with Crippen molar-refractivity contribution in [1.29, 1.82) is 0 Å². The van der Waals surface area contributed by atoms with Crippen LogP contribution >= 0.6 is 0 Å². The van der Waals surface area contributed by atoms with Crippen molar-refractivity contribution in [2.24, 2.45) is 0 Å². The molecule has 0 radical (unpaired) electrons. The Labute approximate surface area is 117 Å². The largest absolute Gasteiger partial charge is 0.416 e. The van der Waals surface area contributed by atoms with Crippen molar-refractivity contribution in [3.63, 3.8) is 0 Å². The number of halogens is 5. The molecule has 112 valence electrons. The molecule has 1 unspecified atom stereocenters. The fourth-order valence-electron chi connectivity index (χ4n) is 2.05. The third-order valence-electron chi connectivity index (χ3n) is 3.05. The quantitative estimate of drug-likeness (QED) is 0.840. The zero-order chi connectivity index (χ0) is 15.6. The topological polar surface area (TPSA) is 20.2 Å². The highest BCUT2D eigenvalue weighted by molar-refractivity contribution is 5.33. The van der Waals surface area contributed by atoms with Crippen molar-refractivity contribution in [2.75, 3.05) is 0 Å². The summed E-state index contributed by atoms with van der Waals surface area (Å²) in [6.07, 6.45) is -6.71. The molecule has 0 bridgehead atoms.